The van der Waals surface area contributed by atoms with E-state index in [4.69, 9.17) is 5.11 Å². The zero-order chi connectivity index (χ0) is 13.5. The fourth-order valence-electron chi connectivity index (χ4n) is 1.38. The van der Waals surface area contributed by atoms with Crippen LogP contribution >= 0.6 is 0 Å². The van der Waals surface area contributed by atoms with E-state index in [-0.39, 0.29) is 17.9 Å². The number of aromatic carboxylic acids is 1. The van der Waals surface area contributed by atoms with Crippen molar-refractivity contribution in [3.63, 3.8) is 0 Å². The van der Waals surface area contributed by atoms with Crippen LogP contribution in [0.4, 0.5) is 0 Å². The van der Waals surface area contributed by atoms with Crippen molar-refractivity contribution in [1.82, 2.24) is 5.32 Å². The average molecular weight is 247 g/mol. The van der Waals surface area contributed by atoms with Crippen molar-refractivity contribution in [2.24, 2.45) is 0 Å². The van der Waals surface area contributed by atoms with Gasteiger partial charge < -0.3 is 10.4 Å². The molecule has 0 heterocycles. The molecule has 0 saturated carbocycles. The number of amides is 1. The van der Waals surface area contributed by atoms with Gasteiger partial charge in [0.1, 0.15) is 0 Å². The Morgan fingerprint density at radius 1 is 1.22 bits per heavy atom. The number of carboxylic acids is 1. The maximum atomic E-state index is 11.6. The minimum Gasteiger partial charge on any atom is -0.478 e. The smallest absolute Gasteiger partial charge is 0.335 e. The lowest BCUT2D eigenvalue weighted by Crippen LogP contribution is -2.25. The van der Waals surface area contributed by atoms with Gasteiger partial charge in [0.05, 0.1) is 12.0 Å². The summed E-state index contributed by atoms with van der Waals surface area (Å²) in [7, 11) is 0. The first-order valence-electron chi connectivity index (χ1n) is 5.71. The summed E-state index contributed by atoms with van der Waals surface area (Å²) in [6.07, 6.45) is 2.20. The van der Waals surface area contributed by atoms with Gasteiger partial charge in [-0.3, -0.25) is 4.79 Å². The molecule has 0 atom stereocenters. The molecule has 4 heteroatoms. The number of hydrogen-bond donors (Lipinski definition) is 2. The number of hydrogen-bond acceptors (Lipinski definition) is 2. The maximum Gasteiger partial charge on any atom is 0.335 e. The highest BCUT2D eigenvalue weighted by molar-refractivity contribution is 5.87. The molecule has 0 aromatic heterocycles. The minimum atomic E-state index is -0.963. The molecule has 0 saturated heterocycles. The first kappa shape index (κ1) is 14.0. The fraction of sp³-hybridized carbons (Fsp3) is 0.286. The van der Waals surface area contributed by atoms with E-state index < -0.39 is 5.97 Å². The molecule has 96 valence electrons. The van der Waals surface area contributed by atoms with Gasteiger partial charge in [-0.15, -0.1) is 0 Å². The van der Waals surface area contributed by atoms with E-state index in [1.165, 1.54) is 12.1 Å². The molecule has 0 aliphatic carbocycles. The van der Waals surface area contributed by atoms with Crippen LogP contribution in [-0.2, 0) is 11.2 Å². The van der Waals surface area contributed by atoms with Crippen LogP contribution in [0, 0.1) is 0 Å². The number of rotatable bonds is 5. The van der Waals surface area contributed by atoms with Crippen LogP contribution in [0.2, 0.25) is 0 Å². The van der Waals surface area contributed by atoms with Gasteiger partial charge in [0.2, 0.25) is 5.91 Å². The molecule has 0 spiro atoms. The summed E-state index contributed by atoms with van der Waals surface area (Å²) < 4.78 is 0. The topological polar surface area (TPSA) is 66.4 Å². The summed E-state index contributed by atoms with van der Waals surface area (Å²) in [6.45, 7) is 4.46. The van der Waals surface area contributed by atoms with E-state index in [2.05, 4.69) is 5.32 Å². The van der Waals surface area contributed by atoms with Gasteiger partial charge in [-0.2, -0.15) is 0 Å². The molecular weight excluding hydrogens is 230 g/mol. The van der Waals surface area contributed by atoms with Gasteiger partial charge >= 0.3 is 5.97 Å². The number of nitrogens with one attached hydrogen (secondary N) is 1. The third-order valence-corrected chi connectivity index (χ3v) is 2.38. The van der Waals surface area contributed by atoms with Crippen LogP contribution < -0.4 is 5.32 Å². The zero-order valence-corrected chi connectivity index (χ0v) is 10.6. The van der Waals surface area contributed by atoms with Gasteiger partial charge in [0.25, 0.3) is 0 Å². The molecule has 1 amide bonds. The Morgan fingerprint density at radius 2 is 1.83 bits per heavy atom. The molecule has 4 nitrogen and oxygen atoms in total. The third-order valence-electron chi connectivity index (χ3n) is 2.38. The quantitative estimate of drug-likeness (QED) is 0.782. The predicted molar refractivity (Wildman–Crippen MR) is 69.5 cm³/mol. The van der Waals surface area contributed by atoms with Gasteiger partial charge in [0, 0.05) is 6.54 Å². The highest BCUT2D eigenvalue weighted by atomic mass is 16.4. The largest absolute Gasteiger partial charge is 0.478 e. The van der Waals surface area contributed by atoms with Crippen LogP contribution in [0.15, 0.2) is 35.9 Å². The molecular formula is C14H17NO3. The number of carboxylic acid groups (broad SMARTS) is 1. The molecule has 2 N–H and O–H groups in total. The molecule has 1 rings (SSSR count). The van der Waals surface area contributed by atoms with E-state index in [1.807, 2.05) is 19.9 Å². The minimum absolute atomic E-state index is 0.0735. The Hall–Kier alpha value is -2.10. The molecule has 18 heavy (non-hydrogen) atoms. The summed E-state index contributed by atoms with van der Waals surface area (Å²) in [5.74, 6) is -1.04. The van der Waals surface area contributed by atoms with E-state index in [0.29, 0.717) is 6.54 Å². The van der Waals surface area contributed by atoms with E-state index in [0.717, 1.165) is 11.1 Å². The second-order valence-corrected chi connectivity index (χ2v) is 4.26. The summed E-state index contributed by atoms with van der Waals surface area (Å²) in [5.41, 5.74) is 2.18. The highest BCUT2D eigenvalue weighted by Gasteiger charge is 2.04. The Kier molecular flexibility index (Phi) is 5.11. The fourth-order valence-corrected chi connectivity index (χ4v) is 1.38. The van der Waals surface area contributed by atoms with Crippen molar-refractivity contribution in [2.45, 2.75) is 20.3 Å². The molecule has 0 radical (unpaired) electrons. The Bertz CT molecular complexity index is 456. The lowest BCUT2D eigenvalue weighted by molar-refractivity contribution is -0.120. The molecule has 0 fully saturated rings. The lowest BCUT2D eigenvalue weighted by atomic mass is 10.1. The second-order valence-electron chi connectivity index (χ2n) is 4.26. The first-order chi connectivity index (χ1) is 8.49. The number of carbonyl (C=O) groups is 2. The molecule has 1 aromatic rings. The Labute approximate surface area is 106 Å². The van der Waals surface area contributed by atoms with Gasteiger partial charge in [-0.25, -0.2) is 4.79 Å². The van der Waals surface area contributed by atoms with Gasteiger partial charge in [0.15, 0.2) is 0 Å². The monoisotopic (exact) mass is 247 g/mol. The number of allylic oxidation sites excluding steroid dienone is 1. The van der Waals surface area contributed by atoms with Crippen molar-refractivity contribution in [1.29, 1.82) is 0 Å². The van der Waals surface area contributed by atoms with E-state index in [1.54, 1.807) is 12.1 Å². The standard InChI is InChI=1S/C14H17NO3/c1-10(2)7-8-15-13(16)9-11-3-5-12(6-4-11)14(17)18/h3-7H,8-9H2,1-2H3,(H,15,16)(H,17,18). The summed E-state index contributed by atoms with van der Waals surface area (Å²) >= 11 is 0. The van der Waals surface area contributed by atoms with Crippen LogP contribution in [0.3, 0.4) is 0 Å². The molecule has 1 aromatic carbocycles. The summed E-state index contributed by atoms with van der Waals surface area (Å²) in [5, 5.41) is 11.5. The highest BCUT2D eigenvalue weighted by Crippen LogP contribution is 2.05. The molecule has 0 aliphatic heterocycles. The Morgan fingerprint density at radius 3 is 2.33 bits per heavy atom. The second kappa shape index (κ2) is 6.59. The van der Waals surface area contributed by atoms with E-state index >= 15 is 0 Å². The van der Waals surface area contributed by atoms with Crippen molar-refractivity contribution in [2.75, 3.05) is 6.54 Å². The van der Waals surface area contributed by atoms with Crippen molar-refractivity contribution in [3.05, 3.63) is 47.0 Å². The van der Waals surface area contributed by atoms with Crippen LogP contribution in [0.1, 0.15) is 29.8 Å². The normalized spacial score (nSPS) is 9.67. The summed E-state index contributed by atoms with van der Waals surface area (Å²) in [6, 6.07) is 6.32. The predicted octanol–water partition coefficient (Wildman–Crippen LogP) is 2.01. The third kappa shape index (κ3) is 4.82. The van der Waals surface area contributed by atoms with Crippen molar-refractivity contribution in [3.8, 4) is 0 Å². The Balaban J connectivity index is 2.49. The van der Waals surface area contributed by atoms with E-state index in [9.17, 15) is 9.59 Å². The van der Waals surface area contributed by atoms with Crippen LogP contribution in [0.25, 0.3) is 0 Å². The van der Waals surface area contributed by atoms with Crippen molar-refractivity contribution < 1.29 is 14.7 Å². The van der Waals surface area contributed by atoms with Crippen LogP contribution in [-0.4, -0.2) is 23.5 Å². The lowest BCUT2D eigenvalue weighted by Gasteiger charge is -2.03. The molecule has 0 bridgehead atoms. The number of benzene rings is 1. The van der Waals surface area contributed by atoms with Crippen molar-refractivity contribution >= 4 is 11.9 Å². The first-order valence-corrected chi connectivity index (χ1v) is 5.71. The SMILES string of the molecule is CC(C)=CCNC(=O)Cc1ccc(C(=O)O)cc1. The van der Waals surface area contributed by atoms with Crippen LogP contribution in [0.5, 0.6) is 0 Å². The zero-order valence-electron chi connectivity index (χ0n) is 10.6. The number of carbonyl (C=O) groups excluding carboxylic acids is 1. The maximum absolute atomic E-state index is 11.6. The molecule has 0 unspecified atom stereocenters. The van der Waals surface area contributed by atoms with Gasteiger partial charge in [-0.05, 0) is 31.5 Å². The molecule has 0 aliphatic rings. The summed E-state index contributed by atoms with van der Waals surface area (Å²) in [4.78, 5) is 22.2. The van der Waals surface area contributed by atoms with Gasteiger partial charge in [-0.1, -0.05) is 23.8 Å². The average Bonchev–Trinajstić information content (AvgIpc) is 2.29.